The predicted molar refractivity (Wildman–Crippen MR) is 70.0 cm³/mol. The Morgan fingerprint density at radius 1 is 1.29 bits per heavy atom. The minimum Gasteiger partial charge on any atom is -0.385 e. The number of rotatable bonds is 4. The Bertz CT molecular complexity index is 445. The molecular formula is C12H18N2O2S. The van der Waals surface area contributed by atoms with Gasteiger partial charge in [0.1, 0.15) is 0 Å². The van der Waals surface area contributed by atoms with Crippen LogP contribution in [-0.2, 0) is 9.84 Å². The van der Waals surface area contributed by atoms with E-state index in [1.54, 1.807) is 0 Å². The first-order valence-electron chi connectivity index (χ1n) is 5.88. The first kappa shape index (κ1) is 12.4. The van der Waals surface area contributed by atoms with Crippen molar-refractivity contribution in [3.8, 4) is 0 Å². The summed E-state index contributed by atoms with van der Waals surface area (Å²) in [5, 5.41) is 6.53. The van der Waals surface area contributed by atoms with Gasteiger partial charge >= 0.3 is 0 Å². The molecule has 2 rings (SSSR count). The molecule has 1 saturated heterocycles. The molecule has 0 bridgehead atoms. The Labute approximate surface area is 102 Å². The lowest BCUT2D eigenvalue weighted by molar-refractivity contribution is 0.502. The minimum absolute atomic E-state index is 0.0879. The molecule has 5 heteroatoms. The summed E-state index contributed by atoms with van der Waals surface area (Å²) in [5.74, 6) is 0.541. The van der Waals surface area contributed by atoms with E-state index in [1.807, 2.05) is 30.3 Å². The van der Waals surface area contributed by atoms with Crippen molar-refractivity contribution in [3.63, 3.8) is 0 Å². The second-order valence-electron chi connectivity index (χ2n) is 4.35. The molecule has 1 aromatic rings. The van der Waals surface area contributed by atoms with Crippen molar-refractivity contribution in [2.24, 2.45) is 0 Å². The van der Waals surface area contributed by atoms with E-state index in [4.69, 9.17) is 0 Å². The Balaban J connectivity index is 1.76. The second kappa shape index (κ2) is 5.51. The Morgan fingerprint density at radius 2 is 2.06 bits per heavy atom. The van der Waals surface area contributed by atoms with Crippen molar-refractivity contribution < 1.29 is 8.42 Å². The van der Waals surface area contributed by atoms with Gasteiger partial charge in [-0.1, -0.05) is 18.2 Å². The van der Waals surface area contributed by atoms with Crippen LogP contribution in [0.5, 0.6) is 0 Å². The summed E-state index contributed by atoms with van der Waals surface area (Å²) in [5.41, 5.74) is 1.08. The van der Waals surface area contributed by atoms with Crippen molar-refractivity contribution in [1.82, 2.24) is 5.32 Å². The monoisotopic (exact) mass is 254 g/mol. The van der Waals surface area contributed by atoms with Crippen molar-refractivity contribution in [2.45, 2.75) is 12.5 Å². The van der Waals surface area contributed by atoms with Crippen molar-refractivity contribution in [3.05, 3.63) is 30.3 Å². The minimum atomic E-state index is -2.82. The van der Waals surface area contributed by atoms with Gasteiger partial charge in [-0.2, -0.15) is 0 Å². The summed E-state index contributed by atoms with van der Waals surface area (Å²) in [7, 11) is -2.82. The van der Waals surface area contributed by atoms with Gasteiger partial charge in [0.2, 0.25) is 0 Å². The summed E-state index contributed by atoms with van der Waals surface area (Å²) < 4.78 is 22.9. The molecule has 0 amide bonds. The number of anilines is 1. The van der Waals surface area contributed by atoms with Crippen LogP contribution in [0.3, 0.4) is 0 Å². The lowest BCUT2D eigenvalue weighted by Gasteiger charge is -2.23. The maximum absolute atomic E-state index is 11.4. The van der Waals surface area contributed by atoms with Crippen LogP contribution in [0.2, 0.25) is 0 Å². The number of hydrogen-bond donors (Lipinski definition) is 2. The molecule has 0 spiro atoms. The summed E-state index contributed by atoms with van der Waals surface area (Å²) in [4.78, 5) is 0. The largest absolute Gasteiger partial charge is 0.385 e. The van der Waals surface area contributed by atoms with Gasteiger partial charge in [0.25, 0.3) is 0 Å². The Morgan fingerprint density at radius 3 is 2.76 bits per heavy atom. The standard InChI is InChI=1S/C12H18N2O2S/c15-17(16)9-8-14-12(10-17)6-7-13-11-4-2-1-3-5-11/h1-5,12-14H,6-10H2. The topological polar surface area (TPSA) is 58.2 Å². The Kier molecular flexibility index (Phi) is 4.02. The van der Waals surface area contributed by atoms with Gasteiger partial charge in [-0.25, -0.2) is 8.42 Å². The average molecular weight is 254 g/mol. The first-order valence-corrected chi connectivity index (χ1v) is 7.71. The highest BCUT2D eigenvalue weighted by atomic mass is 32.2. The zero-order valence-corrected chi connectivity index (χ0v) is 10.5. The van der Waals surface area contributed by atoms with Gasteiger partial charge in [0.15, 0.2) is 9.84 Å². The fourth-order valence-electron chi connectivity index (χ4n) is 2.00. The van der Waals surface area contributed by atoms with Gasteiger partial charge < -0.3 is 10.6 Å². The molecule has 1 aromatic carbocycles. The lowest BCUT2D eigenvalue weighted by atomic mass is 10.2. The fourth-order valence-corrected chi connectivity index (χ4v) is 3.49. The molecule has 1 heterocycles. The van der Waals surface area contributed by atoms with E-state index < -0.39 is 9.84 Å². The molecule has 0 aliphatic carbocycles. The third kappa shape index (κ3) is 4.02. The van der Waals surface area contributed by atoms with Gasteiger partial charge in [0, 0.05) is 24.8 Å². The van der Waals surface area contributed by atoms with E-state index in [2.05, 4.69) is 10.6 Å². The van der Waals surface area contributed by atoms with Crippen LogP contribution in [0.25, 0.3) is 0 Å². The summed E-state index contributed by atoms with van der Waals surface area (Å²) in [6.07, 6.45) is 0.828. The van der Waals surface area contributed by atoms with Crippen LogP contribution in [0.15, 0.2) is 30.3 Å². The molecular weight excluding hydrogens is 236 g/mol. The molecule has 0 radical (unpaired) electrons. The van der Waals surface area contributed by atoms with E-state index in [0.717, 1.165) is 18.7 Å². The van der Waals surface area contributed by atoms with Crippen LogP contribution < -0.4 is 10.6 Å². The highest BCUT2D eigenvalue weighted by molar-refractivity contribution is 7.91. The SMILES string of the molecule is O=S1(=O)CCNC(CCNc2ccccc2)C1. The van der Waals surface area contributed by atoms with Crippen molar-refractivity contribution in [2.75, 3.05) is 29.9 Å². The molecule has 1 atom stereocenters. The van der Waals surface area contributed by atoms with Crippen LogP contribution in [-0.4, -0.2) is 39.1 Å². The molecule has 0 saturated carbocycles. The van der Waals surface area contributed by atoms with Crippen LogP contribution in [0, 0.1) is 0 Å². The molecule has 1 fully saturated rings. The third-order valence-corrected chi connectivity index (χ3v) is 4.63. The van der Waals surface area contributed by atoms with Crippen molar-refractivity contribution in [1.29, 1.82) is 0 Å². The number of para-hydroxylation sites is 1. The molecule has 1 aliphatic rings. The maximum Gasteiger partial charge on any atom is 0.153 e. The molecule has 17 heavy (non-hydrogen) atoms. The van der Waals surface area contributed by atoms with Crippen LogP contribution >= 0.6 is 0 Å². The molecule has 2 N–H and O–H groups in total. The summed E-state index contributed by atoms with van der Waals surface area (Å²) >= 11 is 0. The molecule has 1 unspecified atom stereocenters. The number of nitrogens with one attached hydrogen (secondary N) is 2. The number of benzene rings is 1. The zero-order chi connectivity index (χ0) is 12.1. The molecule has 4 nitrogen and oxygen atoms in total. The van der Waals surface area contributed by atoms with Gasteiger partial charge in [0.05, 0.1) is 11.5 Å². The second-order valence-corrected chi connectivity index (χ2v) is 6.58. The summed E-state index contributed by atoms with van der Waals surface area (Å²) in [6, 6.07) is 10.0. The maximum atomic E-state index is 11.4. The van der Waals surface area contributed by atoms with Gasteiger partial charge in [-0.3, -0.25) is 0 Å². The lowest BCUT2D eigenvalue weighted by Crippen LogP contribution is -2.45. The van der Waals surface area contributed by atoms with Crippen LogP contribution in [0.1, 0.15) is 6.42 Å². The van der Waals surface area contributed by atoms with E-state index in [1.165, 1.54) is 0 Å². The average Bonchev–Trinajstić information content (AvgIpc) is 2.29. The molecule has 1 aliphatic heterocycles. The number of hydrogen-bond acceptors (Lipinski definition) is 4. The fraction of sp³-hybridized carbons (Fsp3) is 0.500. The number of sulfone groups is 1. The molecule has 94 valence electrons. The van der Waals surface area contributed by atoms with E-state index in [0.29, 0.717) is 6.54 Å². The summed E-state index contributed by atoms with van der Waals surface area (Å²) in [6.45, 7) is 1.37. The van der Waals surface area contributed by atoms with E-state index in [-0.39, 0.29) is 17.5 Å². The van der Waals surface area contributed by atoms with Gasteiger partial charge in [-0.15, -0.1) is 0 Å². The normalized spacial score (nSPS) is 23.2. The zero-order valence-electron chi connectivity index (χ0n) is 9.72. The van der Waals surface area contributed by atoms with E-state index in [9.17, 15) is 8.42 Å². The Hall–Kier alpha value is -1.07. The predicted octanol–water partition coefficient (Wildman–Crippen LogP) is 0.875. The van der Waals surface area contributed by atoms with Crippen LogP contribution in [0.4, 0.5) is 5.69 Å². The molecule has 0 aromatic heterocycles. The first-order chi connectivity index (χ1) is 8.16. The smallest absolute Gasteiger partial charge is 0.153 e. The van der Waals surface area contributed by atoms with Gasteiger partial charge in [-0.05, 0) is 18.6 Å². The van der Waals surface area contributed by atoms with Crippen molar-refractivity contribution >= 4 is 15.5 Å². The van der Waals surface area contributed by atoms with E-state index >= 15 is 0 Å². The highest BCUT2D eigenvalue weighted by Gasteiger charge is 2.23. The highest BCUT2D eigenvalue weighted by Crippen LogP contribution is 2.08. The third-order valence-electron chi connectivity index (χ3n) is 2.90. The quantitative estimate of drug-likeness (QED) is 0.837.